The van der Waals surface area contributed by atoms with Crippen molar-refractivity contribution in [1.29, 1.82) is 0 Å². The summed E-state index contributed by atoms with van der Waals surface area (Å²) in [4.78, 5) is 15.9. The monoisotopic (exact) mass is 667 g/mol. The highest BCUT2D eigenvalue weighted by Crippen LogP contribution is 2.44. The topological polar surface area (TPSA) is 38.7 Å². The van der Waals surface area contributed by atoms with E-state index in [0.717, 1.165) is 66.8 Å². The molecule has 4 heteroatoms. The predicted octanol–water partition coefficient (Wildman–Crippen LogP) is 12.9. The van der Waals surface area contributed by atoms with E-state index >= 15 is 0 Å². The van der Waals surface area contributed by atoms with Crippen LogP contribution < -0.4 is 0 Å². The summed E-state index contributed by atoms with van der Waals surface area (Å²) in [6, 6.07) is 61.7. The molecule has 0 unspecified atom stereocenters. The summed E-state index contributed by atoms with van der Waals surface area (Å²) in [7, 11) is 0. The van der Waals surface area contributed by atoms with E-state index < -0.39 is 0 Å². The van der Waals surface area contributed by atoms with Crippen molar-refractivity contribution in [2.45, 2.75) is 0 Å². The smallest absolute Gasteiger partial charge is 0.161 e. The van der Waals surface area contributed by atoms with Gasteiger partial charge in [-0.1, -0.05) is 152 Å². The van der Waals surface area contributed by atoms with Crippen molar-refractivity contribution >= 4 is 53.2 Å². The van der Waals surface area contributed by atoms with E-state index in [1.54, 1.807) is 0 Å². The third-order valence-electron chi connectivity index (χ3n) is 9.69. The normalized spacial score (nSPS) is 11.5. The maximum atomic E-state index is 5.41. The Morgan fingerprint density at radius 2 is 0.961 bits per heavy atom. The maximum Gasteiger partial charge on any atom is 0.161 e. The lowest BCUT2D eigenvalue weighted by Crippen LogP contribution is -1.98. The molecule has 0 radical (unpaired) electrons. The molecule has 0 saturated heterocycles. The Bertz CT molecular complexity index is 2900. The molecular formula is C47H29N3S. The second-order valence-electron chi connectivity index (χ2n) is 12.8. The first-order valence-corrected chi connectivity index (χ1v) is 17.9. The molecule has 0 aliphatic rings. The van der Waals surface area contributed by atoms with E-state index in [9.17, 15) is 0 Å². The van der Waals surface area contributed by atoms with Crippen LogP contribution >= 0.6 is 11.3 Å². The first-order valence-electron chi connectivity index (χ1n) is 17.1. The van der Waals surface area contributed by atoms with Crippen LogP contribution in [0.25, 0.3) is 98.1 Å². The number of thiophene rings is 1. The van der Waals surface area contributed by atoms with Crippen molar-refractivity contribution < 1.29 is 0 Å². The highest BCUT2D eigenvalue weighted by molar-refractivity contribution is 7.26. The lowest BCUT2D eigenvalue weighted by atomic mass is 9.95. The van der Waals surface area contributed by atoms with Gasteiger partial charge in [0.15, 0.2) is 5.82 Å². The van der Waals surface area contributed by atoms with Gasteiger partial charge >= 0.3 is 0 Å². The van der Waals surface area contributed by atoms with E-state index in [1.165, 1.54) is 25.6 Å². The molecule has 3 heterocycles. The molecule has 0 aliphatic carbocycles. The van der Waals surface area contributed by atoms with E-state index in [4.69, 9.17) is 15.0 Å². The summed E-state index contributed by atoms with van der Waals surface area (Å²) < 4.78 is 2.57. The van der Waals surface area contributed by atoms with Gasteiger partial charge in [0.1, 0.15) is 0 Å². The minimum Gasteiger partial charge on any atom is -0.247 e. The van der Waals surface area contributed by atoms with Crippen molar-refractivity contribution in [1.82, 2.24) is 15.0 Å². The first-order chi connectivity index (χ1) is 25.3. The van der Waals surface area contributed by atoms with Gasteiger partial charge in [-0.25, -0.2) is 15.0 Å². The summed E-state index contributed by atoms with van der Waals surface area (Å²) in [5, 5.41) is 6.10. The number of aromatic nitrogens is 3. The van der Waals surface area contributed by atoms with Gasteiger partial charge < -0.3 is 0 Å². The average molecular weight is 668 g/mol. The zero-order valence-corrected chi connectivity index (χ0v) is 28.3. The minimum absolute atomic E-state index is 0.689. The zero-order valence-electron chi connectivity index (χ0n) is 27.5. The number of rotatable bonds is 5. The number of fused-ring (bicyclic) bond motifs is 7. The Morgan fingerprint density at radius 1 is 0.353 bits per heavy atom. The molecule has 0 atom stereocenters. The first kappa shape index (κ1) is 29.4. The standard InChI is InChI=1S/C47H29N3S/c1-4-14-30(15-5-1)34-20-10-11-21-35(34)47-49-39(31-16-6-2-7-17-31)29-40(50-47)33-24-25-36-41(28-33)48-46(32-18-8-3-9-19-32)38-26-27-43-45(44(36)38)37-22-12-13-23-42(37)51-43/h1-29H. The molecule has 0 fully saturated rings. The van der Waals surface area contributed by atoms with Crippen LogP contribution in [0.1, 0.15) is 0 Å². The average Bonchev–Trinajstić information content (AvgIpc) is 3.60. The Morgan fingerprint density at radius 3 is 1.73 bits per heavy atom. The number of hydrogen-bond donors (Lipinski definition) is 0. The summed E-state index contributed by atoms with van der Waals surface area (Å²) >= 11 is 1.85. The molecule has 3 aromatic heterocycles. The molecule has 51 heavy (non-hydrogen) atoms. The third kappa shape index (κ3) is 5.08. The molecule has 7 aromatic carbocycles. The molecule has 0 aliphatic heterocycles. The predicted molar refractivity (Wildman–Crippen MR) is 215 cm³/mol. The molecule has 0 bridgehead atoms. The fraction of sp³-hybridized carbons (Fsp3) is 0. The number of nitrogens with zero attached hydrogens (tertiary/aromatic N) is 3. The summed E-state index contributed by atoms with van der Waals surface area (Å²) in [5.41, 5.74) is 10.0. The fourth-order valence-corrected chi connectivity index (χ4v) is 8.42. The van der Waals surface area contributed by atoms with Gasteiger partial charge in [0, 0.05) is 58.6 Å². The van der Waals surface area contributed by atoms with E-state index in [-0.39, 0.29) is 0 Å². The molecule has 0 saturated carbocycles. The molecular weight excluding hydrogens is 639 g/mol. The summed E-state index contributed by atoms with van der Waals surface area (Å²) in [6.07, 6.45) is 0. The SMILES string of the molecule is c1ccc(-c2cc(-c3ccc4c(c3)nc(-c3ccccc3)c3ccc5sc6ccccc6c5c34)nc(-c3ccccc3-c3ccccc3)n2)cc1. The Labute approximate surface area is 299 Å². The van der Waals surface area contributed by atoms with Crippen molar-refractivity contribution in [3.8, 4) is 56.3 Å². The minimum atomic E-state index is 0.689. The molecule has 10 aromatic rings. The molecule has 238 valence electrons. The van der Waals surface area contributed by atoms with E-state index in [0.29, 0.717) is 5.82 Å². The van der Waals surface area contributed by atoms with E-state index in [2.05, 4.69) is 164 Å². The van der Waals surface area contributed by atoms with Gasteiger partial charge in [-0.3, -0.25) is 0 Å². The van der Waals surface area contributed by atoms with Gasteiger partial charge in [0.2, 0.25) is 0 Å². The van der Waals surface area contributed by atoms with Crippen LogP contribution in [0.2, 0.25) is 0 Å². The molecule has 3 nitrogen and oxygen atoms in total. The van der Waals surface area contributed by atoms with Gasteiger partial charge in [0.05, 0.1) is 22.6 Å². The fourth-order valence-electron chi connectivity index (χ4n) is 7.31. The number of hydrogen-bond acceptors (Lipinski definition) is 4. The Kier molecular flexibility index (Phi) is 7.00. The Balaban J connectivity index is 1.24. The van der Waals surface area contributed by atoms with E-state index in [1.807, 2.05) is 23.5 Å². The summed E-state index contributed by atoms with van der Waals surface area (Å²) in [6.45, 7) is 0. The van der Waals surface area contributed by atoms with Crippen molar-refractivity contribution in [3.63, 3.8) is 0 Å². The zero-order chi connectivity index (χ0) is 33.7. The van der Waals surface area contributed by atoms with Crippen LogP contribution in [0, 0.1) is 0 Å². The third-order valence-corrected chi connectivity index (χ3v) is 10.8. The van der Waals surface area contributed by atoms with Crippen molar-refractivity contribution in [2.24, 2.45) is 0 Å². The van der Waals surface area contributed by atoms with Gasteiger partial charge in [-0.2, -0.15) is 0 Å². The largest absolute Gasteiger partial charge is 0.247 e. The molecule has 0 amide bonds. The molecule has 0 N–H and O–H groups in total. The van der Waals surface area contributed by atoms with Crippen LogP contribution in [0.3, 0.4) is 0 Å². The maximum absolute atomic E-state index is 5.41. The van der Waals surface area contributed by atoms with Gasteiger partial charge in [-0.05, 0) is 35.4 Å². The highest BCUT2D eigenvalue weighted by atomic mass is 32.1. The van der Waals surface area contributed by atoms with Crippen LogP contribution in [0.15, 0.2) is 176 Å². The second-order valence-corrected chi connectivity index (χ2v) is 13.8. The van der Waals surface area contributed by atoms with Crippen molar-refractivity contribution in [3.05, 3.63) is 176 Å². The second kappa shape index (κ2) is 12.1. The molecule has 10 rings (SSSR count). The quantitative estimate of drug-likeness (QED) is 0.171. The molecule has 0 spiro atoms. The van der Waals surface area contributed by atoms with Crippen LogP contribution in [-0.2, 0) is 0 Å². The van der Waals surface area contributed by atoms with Crippen LogP contribution in [-0.4, -0.2) is 15.0 Å². The highest BCUT2D eigenvalue weighted by Gasteiger charge is 2.19. The van der Waals surface area contributed by atoms with Crippen molar-refractivity contribution in [2.75, 3.05) is 0 Å². The number of pyridine rings is 1. The summed E-state index contributed by atoms with van der Waals surface area (Å²) in [5.74, 6) is 0.689. The lowest BCUT2D eigenvalue weighted by molar-refractivity contribution is 1.18. The van der Waals surface area contributed by atoms with Gasteiger partial charge in [-0.15, -0.1) is 11.3 Å². The van der Waals surface area contributed by atoms with Crippen LogP contribution in [0.5, 0.6) is 0 Å². The lowest BCUT2D eigenvalue weighted by Gasteiger charge is -2.14. The van der Waals surface area contributed by atoms with Gasteiger partial charge in [0.25, 0.3) is 0 Å². The Hall–Kier alpha value is -6.49. The van der Waals surface area contributed by atoms with Crippen LogP contribution in [0.4, 0.5) is 0 Å². The number of benzene rings is 7.